The molecule has 0 fully saturated rings. The topological polar surface area (TPSA) is 95.6 Å². The molecule has 3 N–H and O–H groups in total. The highest BCUT2D eigenvalue weighted by molar-refractivity contribution is 5.96. The van der Waals surface area contributed by atoms with Gasteiger partial charge in [0.2, 0.25) is 0 Å². The van der Waals surface area contributed by atoms with Gasteiger partial charge in [-0.15, -0.1) is 0 Å². The molecule has 3 aromatic rings. The lowest BCUT2D eigenvalue weighted by Gasteiger charge is -2.20. The standard InChI is InChI=1S/C20H22N6O/c27-20-18-16(9-11-23-20)19(22-10-8-15-12-21-13-24-15)26-17(25-18)7-6-14-4-2-1-3-5-14/h1-5,12-13H,6-11H2,(H,21,24)(H,23,27)(H,22,25,26). The molecular formula is C20H22N6O. The summed E-state index contributed by atoms with van der Waals surface area (Å²) in [5.74, 6) is 1.35. The van der Waals surface area contributed by atoms with Crippen molar-refractivity contribution >= 4 is 11.7 Å². The highest BCUT2D eigenvalue weighted by Crippen LogP contribution is 2.21. The van der Waals surface area contributed by atoms with Gasteiger partial charge in [-0.3, -0.25) is 4.79 Å². The van der Waals surface area contributed by atoms with Crippen LogP contribution in [0.3, 0.4) is 0 Å². The number of nitrogens with one attached hydrogen (secondary N) is 3. The van der Waals surface area contributed by atoms with Gasteiger partial charge in [0.25, 0.3) is 5.91 Å². The van der Waals surface area contributed by atoms with Crippen LogP contribution in [0.4, 0.5) is 5.82 Å². The Morgan fingerprint density at radius 2 is 1.96 bits per heavy atom. The summed E-state index contributed by atoms with van der Waals surface area (Å²) >= 11 is 0. The van der Waals surface area contributed by atoms with Gasteiger partial charge in [-0.2, -0.15) is 0 Å². The molecule has 1 aromatic carbocycles. The quantitative estimate of drug-likeness (QED) is 0.597. The predicted octanol–water partition coefficient (Wildman–Crippen LogP) is 1.93. The number of fused-ring (bicyclic) bond motifs is 1. The Morgan fingerprint density at radius 3 is 2.78 bits per heavy atom. The van der Waals surface area contributed by atoms with Crippen LogP contribution in [0, 0.1) is 0 Å². The molecule has 27 heavy (non-hydrogen) atoms. The van der Waals surface area contributed by atoms with Gasteiger partial charge in [-0.25, -0.2) is 15.0 Å². The number of anilines is 1. The second-order valence-corrected chi connectivity index (χ2v) is 6.56. The normalized spacial score (nSPS) is 13.1. The molecular weight excluding hydrogens is 340 g/mol. The number of hydrogen-bond donors (Lipinski definition) is 3. The van der Waals surface area contributed by atoms with E-state index in [2.05, 4.69) is 37.7 Å². The van der Waals surface area contributed by atoms with Gasteiger partial charge in [0.1, 0.15) is 17.3 Å². The molecule has 0 aliphatic carbocycles. The van der Waals surface area contributed by atoms with Crippen LogP contribution >= 0.6 is 0 Å². The zero-order valence-corrected chi connectivity index (χ0v) is 15.0. The lowest BCUT2D eigenvalue weighted by Crippen LogP contribution is -2.34. The van der Waals surface area contributed by atoms with Crippen LogP contribution in [0.2, 0.25) is 0 Å². The van der Waals surface area contributed by atoms with Gasteiger partial charge in [-0.1, -0.05) is 30.3 Å². The minimum absolute atomic E-state index is 0.115. The Hall–Kier alpha value is -3.22. The fourth-order valence-electron chi connectivity index (χ4n) is 3.24. The van der Waals surface area contributed by atoms with Crippen LogP contribution in [-0.2, 0) is 25.7 Å². The SMILES string of the molecule is O=C1NCCc2c(NCCc3cnc[nH]3)nc(CCc3ccccc3)nc21. The van der Waals surface area contributed by atoms with Crippen molar-refractivity contribution < 1.29 is 4.79 Å². The van der Waals surface area contributed by atoms with Gasteiger partial charge in [-0.05, 0) is 18.4 Å². The van der Waals surface area contributed by atoms with Crippen LogP contribution in [0.1, 0.15) is 33.1 Å². The number of imidazole rings is 1. The molecule has 0 unspecified atom stereocenters. The molecule has 138 valence electrons. The van der Waals surface area contributed by atoms with Crippen LogP contribution in [0.25, 0.3) is 0 Å². The zero-order chi connectivity index (χ0) is 18.5. The number of aromatic nitrogens is 4. The number of rotatable bonds is 7. The molecule has 0 saturated carbocycles. The second-order valence-electron chi connectivity index (χ2n) is 6.56. The molecule has 0 bridgehead atoms. The minimum atomic E-state index is -0.115. The first-order valence-electron chi connectivity index (χ1n) is 9.22. The van der Waals surface area contributed by atoms with Crippen molar-refractivity contribution in [1.82, 2.24) is 25.3 Å². The van der Waals surface area contributed by atoms with Gasteiger partial charge >= 0.3 is 0 Å². The summed E-state index contributed by atoms with van der Waals surface area (Å²) in [5.41, 5.74) is 3.71. The Balaban J connectivity index is 1.52. The minimum Gasteiger partial charge on any atom is -0.369 e. The molecule has 1 aliphatic heterocycles. The molecule has 1 aliphatic rings. The van der Waals surface area contributed by atoms with Crippen molar-refractivity contribution in [2.45, 2.75) is 25.7 Å². The fourth-order valence-corrected chi connectivity index (χ4v) is 3.24. The van der Waals surface area contributed by atoms with Crippen molar-refractivity contribution in [3.8, 4) is 0 Å². The Morgan fingerprint density at radius 1 is 1.07 bits per heavy atom. The lowest BCUT2D eigenvalue weighted by atomic mass is 10.1. The average molecular weight is 362 g/mol. The summed E-state index contributed by atoms with van der Waals surface area (Å²) in [7, 11) is 0. The molecule has 4 rings (SSSR count). The van der Waals surface area contributed by atoms with E-state index in [9.17, 15) is 4.79 Å². The number of amides is 1. The second kappa shape index (κ2) is 7.99. The van der Waals surface area contributed by atoms with Crippen LogP contribution in [0.5, 0.6) is 0 Å². The van der Waals surface area contributed by atoms with Gasteiger partial charge in [0, 0.05) is 43.4 Å². The fraction of sp³-hybridized carbons (Fsp3) is 0.300. The third-order valence-corrected chi connectivity index (χ3v) is 4.65. The third kappa shape index (κ3) is 4.13. The van der Waals surface area contributed by atoms with E-state index in [0.717, 1.165) is 36.3 Å². The highest BCUT2D eigenvalue weighted by atomic mass is 16.1. The smallest absolute Gasteiger partial charge is 0.270 e. The number of nitrogens with zero attached hydrogens (tertiary/aromatic N) is 3. The molecule has 0 saturated heterocycles. The number of H-pyrrole nitrogens is 1. The maximum Gasteiger partial charge on any atom is 0.270 e. The molecule has 1 amide bonds. The molecule has 2 aromatic heterocycles. The van der Waals surface area contributed by atoms with E-state index in [4.69, 9.17) is 4.98 Å². The molecule has 0 radical (unpaired) electrons. The monoisotopic (exact) mass is 362 g/mol. The summed E-state index contributed by atoms with van der Waals surface area (Å²) in [4.78, 5) is 28.7. The van der Waals surface area contributed by atoms with Gasteiger partial charge in [0.05, 0.1) is 6.33 Å². The Labute approximate surface area is 157 Å². The third-order valence-electron chi connectivity index (χ3n) is 4.65. The lowest BCUT2D eigenvalue weighted by molar-refractivity contribution is 0.0940. The number of carbonyl (C=O) groups excluding carboxylic acids is 1. The summed E-state index contributed by atoms with van der Waals surface area (Å²) in [6.07, 6.45) is 6.58. The first-order chi connectivity index (χ1) is 13.3. The first kappa shape index (κ1) is 17.2. The molecule has 0 spiro atoms. The van der Waals surface area contributed by atoms with E-state index in [1.54, 1.807) is 6.33 Å². The van der Waals surface area contributed by atoms with Crippen LogP contribution < -0.4 is 10.6 Å². The van der Waals surface area contributed by atoms with Crippen molar-refractivity contribution in [2.75, 3.05) is 18.4 Å². The van der Waals surface area contributed by atoms with E-state index >= 15 is 0 Å². The number of benzene rings is 1. The average Bonchev–Trinajstić information content (AvgIpc) is 3.21. The molecule has 7 heteroatoms. The summed E-state index contributed by atoms with van der Waals surface area (Å²) in [6, 6.07) is 10.2. The predicted molar refractivity (Wildman–Crippen MR) is 103 cm³/mol. The van der Waals surface area contributed by atoms with Crippen LogP contribution in [-0.4, -0.2) is 38.9 Å². The summed E-state index contributed by atoms with van der Waals surface area (Å²) < 4.78 is 0. The van der Waals surface area contributed by atoms with E-state index in [0.29, 0.717) is 31.0 Å². The maximum absolute atomic E-state index is 12.3. The highest BCUT2D eigenvalue weighted by Gasteiger charge is 2.23. The van der Waals surface area contributed by atoms with E-state index in [-0.39, 0.29) is 5.91 Å². The van der Waals surface area contributed by atoms with Gasteiger partial charge in [0.15, 0.2) is 0 Å². The van der Waals surface area contributed by atoms with Crippen molar-refractivity contribution in [1.29, 1.82) is 0 Å². The number of carbonyl (C=O) groups is 1. The molecule has 3 heterocycles. The number of aromatic amines is 1. The molecule has 7 nitrogen and oxygen atoms in total. The van der Waals surface area contributed by atoms with Crippen molar-refractivity contribution in [2.24, 2.45) is 0 Å². The number of aryl methyl sites for hydroxylation is 2. The summed E-state index contributed by atoms with van der Waals surface area (Å²) in [5, 5.41) is 6.27. The first-order valence-corrected chi connectivity index (χ1v) is 9.22. The van der Waals surface area contributed by atoms with Crippen molar-refractivity contribution in [3.63, 3.8) is 0 Å². The summed E-state index contributed by atoms with van der Waals surface area (Å²) in [6.45, 7) is 1.33. The van der Waals surface area contributed by atoms with Crippen LogP contribution in [0.15, 0.2) is 42.9 Å². The van der Waals surface area contributed by atoms with E-state index in [1.807, 2.05) is 24.4 Å². The maximum atomic E-state index is 12.3. The Kier molecular flexibility index (Phi) is 5.09. The number of hydrogen-bond acceptors (Lipinski definition) is 5. The van der Waals surface area contributed by atoms with Gasteiger partial charge < -0.3 is 15.6 Å². The van der Waals surface area contributed by atoms with Crippen molar-refractivity contribution in [3.05, 3.63) is 71.2 Å². The van der Waals surface area contributed by atoms with E-state index < -0.39 is 0 Å². The largest absolute Gasteiger partial charge is 0.369 e. The Bertz CT molecular complexity index is 908. The van der Waals surface area contributed by atoms with E-state index in [1.165, 1.54) is 5.56 Å². The molecule has 0 atom stereocenters. The zero-order valence-electron chi connectivity index (χ0n) is 15.0.